The fourth-order valence-corrected chi connectivity index (χ4v) is 6.88. The summed E-state index contributed by atoms with van der Waals surface area (Å²) >= 11 is 0. The van der Waals surface area contributed by atoms with Gasteiger partial charge >= 0.3 is 0 Å². The third-order valence-electron chi connectivity index (χ3n) is 9.56. The lowest BCUT2D eigenvalue weighted by Crippen LogP contribution is -1.97. The summed E-state index contributed by atoms with van der Waals surface area (Å²) in [4.78, 5) is 0. The van der Waals surface area contributed by atoms with Crippen molar-refractivity contribution in [3.63, 3.8) is 0 Å². The lowest BCUT2D eigenvalue weighted by Gasteiger charge is -2.08. The molecule has 2 aromatic carbocycles. The van der Waals surface area contributed by atoms with Gasteiger partial charge in [-0.1, -0.05) is 140 Å². The van der Waals surface area contributed by atoms with Gasteiger partial charge in [0.25, 0.3) is 0 Å². The van der Waals surface area contributed by atoms with Gasteiger partial charge < -0.3 is 9.47 Å². The van der Waals surface area contributed by atoms with E-state index in [1.54, 1.807) is 0 Å². The summed E-state index contributed by atoms with van der Waals surface area (Å²) in [5.41, 5.74) is 2.03. The molecule has 0 spiro atoms. The maximum atomic E-state index is 5.96. The van der Waals surface area contributed by atoms with Crippen LogP contribution in [0.25, 0.3) is 0 Å². The predicted molar refractivity (Wildman–Crippen MR) is 178 cm³/mol. The van der Waals surface area contributed by atoms with Gasteiger partial charge in [0.05, 0.1) is 13.2 Å². The number of rotatable bonds is 20. The Morgan fingerprint density at radius 3 is 1.14 bits per heavy atom. The van der Waals surface area contributed by atoms with Crippen LogP contribution in [-0.2, 0) is 0 Å². The molecule has 4 rings (SSSR count). The highest BCUT2D eigenvalue weighted by molar-refractivity contribution is 5.45. The number of unbranched alkanes of at least 4 members (excludes halogenated alkanes) is 10. The molecule has 2 fully saturated rings. The van der Waals surface area contributed by atoms with Crippen LogP contribution < -0.4 is 9.47 Å². The molecule has 230 valence electrons. The monoisotopic (exact) mass is 570 g/mol. The van der Waals surface area contributed by atoms with Crippen molar-refractivity contribution >= 4 is 0 Å². The standard InChI is InChI=1S/C40H58O2/c1(5-9-17-35-19-11-12-20-35)3-7-15-33-41-39-29-25-37(26-30-39)23-24-38-27-31-40(32-28-38)42-34-16-8-4-2-6-10-18-36-21-13-14-22-36/h25-32,35-36H,1-22,33-34H2. The van der Waals surface area contributed by atoms with Crippen LogP contribution in [0.5, 0.6) is 11.5 Å². The van der Waals surface area contributed by atoms with E-state index < -0.39 is 0 Å². The summed E-state index contributed by atoms with van der Waals surface area (Å²) in [7, 11) is 0. The van der Waals surface area contributed by atoms with E-state index in [1.165, 1.54) is 128 Å². The quantitative estimate of drug-likeness (QED) is 0.116. The molecule has 0 unspecified atom stereocenters. The van der Waals surface area contributed by atoms with Gasteiger partial charge in [-0.3, -0.25) is 0 Å². The first kappa shape index (κ1) is 32.5. The summed E-state index contributed by atoms with van der Waals surface area (Å²) in [6, 6.07) is 16.4. The number of ether oxygens (including phenoxy) is 2. The zero-order chi connectivity index (χ0) is 28.9. The minimum atomic E-state index is 0.807. The molecule has 2 aliphatic carbocycles. The molecular weight excluding hydrogens is 512 g/mol. The second-order valence-electron chi connectivity index (χ2n) is 13.1. The van der Waals surface area contributed by atoms with E-state index in [0.29, 0.717) is 0 Å². The molecule has 2 aliphatic rings. The third-order valence-corrected chi connectivity index (χ3v) is 9.56. The van der Waals surface area contributed by atoms with Gasteiger partial charge in [0, 0.05) is 11.1 Å². The van der Waals surface area contributed by atoms with Crippen LogP contribution in [0.4, 0.5) is 0 Å². The second-order valence-corrected chi connectivity index (χ2v) is 13.1. The van der Waals surface area contributed by atoms with Gasteiger partial charge in [0.2, 0.25) is 0 Å². The summed E-state index contributed by atoms with van der Waals surface area (Å²) in [5, 5.41) is 0. The maximum Gasteiger partial charge on any atom is 0.119 e. The Morgan fingerprint density at radius 2 is 0.762 bits per heavy atom. The number of benzene rings is 2. The van der Waals surface area contributed by atoms with E-state index >= 15 is 0 Å². The molecule has 0 atom stereocenters. The smallest absolute Gasteiger partial charge is 0.119 e. The van der Waals surface area contributed by atoms with Crippen LogP contribution in [0, 0.1) is 23.7 Å². The van der Waals surface area contributed by atoms with E-state index in [0.717, 1.165) is 60.5 Å². The van der Waals surface area contributed by atoms with Gasteiger partial charge in [0.1, 0.15) is 11.5 Å². The summed E-state index contributed by atoms with van der Waals surface area (Å²) in [6.07, 6.45) is 30.8. The van der Waals surface area contributed by atoms with Gasteiger partial charge in [-0.05, 0) is 73.2 Å². The molecule has 2 saturated carbocycles. The Morgan fingerprint density at radius 1 is 0.429 bits per heavy atom. The van der Waals surface area contributed by atoms with Crippen LogP contribution in [0.2, 0.25) is 0 Å². The highest BCUT2D eigenvalue weighted by Crippen LogP contribution is 2.30. The fourth-order valence-electron chi connectivity index (χ4n) is 6.88. The summed E-state index contributed by atoms with van der Waals surface area (Å²) in [5.74, 6) is 10.5. The number of hydrogen-bond acceptors (Lipinski definition) is 2. The van der Waals surface area contributed by atoms with Gasteiger partial charge in [-0.2, -0.15) is 0 Å². The molecule has 0 N–H and O–H groups in total. The van der Waals surface area contributed by atoms with Crippen LogP contribution >= 0.6 is 0 Å². The first-order valence-electron chi connectivity index (χ1n) is 17.8. The van der Waals surface area contributed by atoms with Crippen molar-refractivity contribution < 1.29 is 9.47 Å². The molecule has 0 bridgehead atoms. The van der Waals surface area contributed by atoms with Gasteiger partial charge in [0.15, 0.2) is 0 Å². The molecule has 0 saturated heterocycles. The van der Waals surface area contributed by atoms with Crippen molar-refractivity contribution in [2.45, 2.75) is 141 Å². The van der Waals surface area contributed by atoms with Crippen molar-refractivity contribution in [3.05, 3.63) is 59.7 Å². The predicted octanol–water partition coefficient (Wildman–Crippen LogP) is 11.7. The average Bonchev–Trinajstić information content (AvgIpc) is 3.74. The SMILES string of the molecule is C(#Cc1ccc(OCCCCCCCCC2CCCC2)cc1)c1ccc(OCCCCCCCCC2CCCC2)cc1. The topological polar surface area (TPSA) is 18.5 Å². The zero-order valence-corrected chi connectivity index (χ0v) is 26.6. The van der Waals surface area contributed by atoms with Gasteiger partial charge in [-0.25, -0.2) is 0 Å². The minimum Gasteiger partial charge on any atom is -0.494 e. The fraction of sp³-hybridized carbons (Fsp3) is 0.650. The second kappa shape index (κ2) is 20.5. The maximum absolute atomic E-state index is 5.96. The largest absolute Gasteiger partial charge is 0.494 e. The van der Waals surface area contributed by atoms with Gasteiger partial charge in [-0.15, -0.1) is 0 Å². The molecule has 0 aliphatic heterocycles. The minimum absolute atomic E-state index is 0.807. The van der Waals surface area contributed by atoms with Crippen molar-refractivity contribution in [1.29, 1.82) is 0 Å². The van der Waals surface area contributed by atoms with E-state index in [1.807, 2.05) is 24.3 Å². The van der Waals surface area contributed by atoms with Crippen molar-refractivity contribution in [3.8, 4) is 23.3 Å². The van der Waals surface area contributed by atoms with E-state index in [9.17, 15) is 0 Å². The molecule has 2 nitrogen and oxygen atoms in total. The molecule has 0 heterocycles. The highest BCUT2D eigenvalue weighted by Gasteiger charge is 2.14. The zero-order valence-electron chi connectivity index (χ0n) is 26.6. The van der Waals surface area contributed by atoms with Crippen LogP contribution in [0.1, 0.15) is 152 Å². The summed E-state index contributed by atoms with van der Waals surface area (Å²) < 4.78 is 11.9. The van der Waals surface area contributed by atoms with Crippen molar-refractivity contribution in [2.75, 3.05) is 13.2 Å². The van der Waals surface area contributed by atoms with E-state index in [4.69, 9.17) is 9.47 Å². The molecule has 0 amide bonds. The normalized spacial score (nSPS) is 15.5. The first-order valence-corrected chi connectivity index (χ1v) is 17.8. The third kappa shape index (κ3) is 13.7. The van der Waals surface area contributed by atoms with Crippen LogP contribution in [0.15, 0.2) is 48.5 Å². The lowest BCUT2D eigenvalue weighted by molar-refractivity contribution is 0.304. The molecule has 2 aromatic rings. The first-order chi connectivity index (χ1) is 20.8. The Hall–Kier alpha value is -2.40. The molecule has 2 heteroatoms. The van der Waals surface area contributed by atoms with Crippen molar-refractivity contribution in [1.82, 2.24) is 0 Å². The Balaban J connectivity index is 0.988. The van der Waals surface area contributed by atoms with E-state index in [2.05, 4.69) is 36.1 Å². The lowest BCUT2D eigenvalue weighted by atomic mass is 9.99. The number of hydrogen-bond donors (Lipinski definition) is 0. The Labute approximate surface area is 258 Å². The Bertz CT molecular complexity index is 919. The molecule has 0 radical (unpaired) electrons. The van der Waals surface area contributed by atoms with Crippen LogP contribution in [-0.4, -0.2) is 13.2 Å². The Kier molecular flexibility index (Phi) is 15.9. The molecule has 42 heavy (non-hydrogen) atoms. The van der Waals surface area contributed by atoms with E-state index in [-0.39, 0.29) is 0 Å². The van der Waals surface area contributed by atoms with Crippen LogP contribution in [0.3, 0.4) is 0 Å². The highest BCUT2D eigenvalue weighted by atomic mass is 16.5. The molecule has 0 aromatic heterocycles. The molecular formula is C40H58O2. The average molecular weight is 571 g/mol. The summed E-state index contributed by atoms with van der Waals surface area (Å²) in [6.45, 7) is 1.61. The van der Waals surface area contributed by atoms with Crippen molar-refractivity contribution in [2.24, 2.45) is 11.8 Å².